The summed E-state index contributed by atoms with van der Waals surface area (Å²) in [5.41, 5.74) is 6.32. The monoisotopic (exact) mass is 243 g/mol. The Morgan fingerprint density at radius 1 is 1.06 bits per heavy atom. The minimum atomic E-state index is 0.406. The van der Waals surface area contributed by atoms with Gasteiger partial charge in [0.2, 0.25) is 0 Å². The van der Waals surface area contributed by atoms with Crippen LogP contribution in [0.15, 0.2) is 12.1 Å². The first-order chi connectivity index (χ1) is 8.61. The van der Waals surface area contributed by atoms with E-state index in [1.54, 1.807) is 5.56 Å². The molecule has 1 aliphatic heterocycles. The van der Waals surface area contributed by atoms with Gasteiger partial charge in [0, 0.05) is 11.2 Å². The summed E-state index contributed by atoms with van der Waals surface area (Å²) in [5, 5.41) is 3.95. The van der Waals surface area contributed by atoms with Gasteiger partial charge in [0.25, 0.3) is 0 Å². The molecule has 1 spiro atoms. The molecule has 1 aliphatic carbocycles. The minimum Gasteiger partial charge on any atom is -0.379 e. The zero-order valence-electron chi connectivity index (χ0n) is 12.0. The molecule has 1 heterocycles. The fraction of sp³-hybridized carbons (Fsp3) is 0.647. The summed E-state index contributed by atoms with van der Waals surface area (Å²) in [6.07, 6.45) is 8.29. The second-order valence-electron chi connectivity index (χ2n) is 6.56. The van der Waals surface area contributed by atoms with Gasteiger partial charge in [0.1, 0.15) is 0 Å². The van der Waals surface area contributed by atoms with Gasteiger partial charge in [-0.05, 0) is 55.7 Å². The number of benzene rings is 1. The Morgan fingerprint density at radius 2 is 1.72 bits per heavy atom. The molecule has 0 saturated heterocycles. The van der Waals surface area contributed by atoms with Gasteiger partial charge in [0.05, 0.1) is 0 Å². The van der Waals surface area contributed by atoms with Gasteiger partial charge in [-0.3, -0.25) is 0 Å². The Labute approximate surface area is 111 Å². The van der Waals surface area contributed by atoms with Crippen molar-refractivity contribution in [1.29, 1.82) is 0 Å². The predicted octanol–water partition coefficient (Wildman–Crippen LogP) is 4.93. The van der Waals surface area contributed by atoms with Crippen molar-refractivity contribution in [2.75, 3.05) is 5.32 Å². The van der Waals surface area contributed by atoms with Crippen molar-refractivity contribution in [3.8, 4) is 0 Å². The van der Waals surface area contributed by atoms with Crippen LogP contribution in [-0.2, 0) is 0 Å². The Kier molecular flexibility index (Phi) is 2.88. The lowest BCUT2D eigenvalue weighted by Crippen LogP contribution is -2.44. The highest BCUT2D eigenvalue weighted by molar-refractivity contribution is 5.64. The maximum absolute atomic E-state index is 3.95. The summed E-state index contributed by atoms with van der Waals surface area (Å²) in [7, 11) is 0. The first-order valence-corrected chi connectivity index (χ1v) is 7.50. The molecule has 2 aliphatic rings. The third-order valence-electron chi connectivity index (χ3n) is 5.06. The molecular weight excluding hydrogens is 218 g/mol. The number of anilines is 1. The van der Waals surface area contributed by atoms with E-state index in [2.05, 4.69) is 38.2 Å². The normalized spacial score (nSPS) is 25.6. The van der Waals surface area contributed by atoms with E-state index in [4.69, 9.17) is 0 Å². The number of hydrogen-bond donors (Lipinski definition) is 1. The van der Waals surface area contributed by atoms with Crippen LogP contribution in [0.25, 0.3) is 0 Å². The highest BCUT2D eigenvalue weighted by atomic mass is 15.0. The predicted molar refractivity (Wildman–Crippen MR) is 78.4 cm³/mol. The molecule has 3 rings (SSSR count). The fourth-order valence-corrected chi connectivity index (χ4v) is 4.20. The van der Waals surface area contributed by atoms with Crippen molar-refractivity contribution in [3.05, 3.63) is 28.8 Å². The second-order valence-corrected chi connectivity index (χ2v) is 6.56. The van der Waals surface area contributed by atoms with E-state index in [1.165, 1.54) is 55.3 Å². The summed E-state index contributed by atoms with van der Waals surface area (Å²) < 4.78 is 0. The third-order valence-corrected chi connectivity index (χ3v) is 5.06. The molecule has 18 heavy (non-hydrogen) atoms. The average Bonchev–Trinajstić information content (AvgIpc) is 2.34. The third kappa shape index (κ3) is 1.84. The van der Waals surface area contributed by atoms with Gasteiger partial charge in [-0.1, -0.05) is 38.3 Å². The summed E-state index contributed by atoms with van der Waals surface area (Å²) in [5.74, 6) is 0.708. The van der Waals surface area contributed by atoms with E-state index in [0.717, 1.165) is 0 Å². The van der Waals surface area contributed by atoms with Gasteiger partial charge in [0.15, 0.2) is 0 Å². The molecule has 0 bridgehead atoms. The minimum absolute atomic E-state index is 0.406. The first kappa shape index (κ1) is 12.1. The largest absolute Gasteiger partial charge is 0.379 e. The van der Waals surface area contributed by atoms with Crippen molar-refractivity contribution in [1.82, 2.24) is 0 Å². The van der Waals surface area contributed by atoms with Crippen molar-refractivity contribution < 1.29 is 0 Å². The Bertz CT molecular complexity index is 455. The zero-order chi connectivity index (χ0) is 12.8. The summed E-state index contributed by atoms with van der Waals surface area (Å²) in [6, 6.07) is 4.56. The van der Waals surface area contributed by atoms with E-state index in [-0.39, 0.29) is 0 Å². The standard InChI is InChI=1S/C17H25N/c1-12-7-8-13(2)16-15(12)14(3)11-17(18-16)9-5-4-6-10-17/h7-8,14,18H,4-6,9-11H2,1-3H3/t14-/m0/s1. The summed E-state index contributed by atoms with van der Waals surface area (Å²) >= 11 is 0. The molecule has 1 saturated carbocycles. The van der Waals surface area contributed by atoms with Crippen LogP contribution in [0.5, 0.6) is 0 Å². The van der Waals surface area contributed by atoms with Crippen LogP contribution < -0.4 is 5.32 Å². The van der Waals surface area contributed by atoms with Gasteiger partial charge in [-0.15, -0.1) is 0 Å². The van der Waals surface area contributed by atoms with Crippen LogP contribution in [0.2, 0.25) is 0 Å². The Morgan fingerprint density at radius 3 is 2.44 bits per heavy atom. The van der Waals surface area contributed by atoms with Gasteiger partial charge in [-0.25, -0.2) is 0 Å². The van der Waals surface area contributed by atoms with Crippen LogP contribution in [-0.4, -0.2) is 5.54 Å². The quantitative estimate of drug-likeness (QED) is 0.681. The lowest BCUT2D eigenvalue weighted by atomic mass is 9.70. The molecule has 1 fully saturated rings. The molecule has 0 radical (unpaired) electrons. The van der Waals surface area contributed by atoms with Crippen LogP contribution in [0.4, 0.5) is 5.69 Å². The van der Waals surface area contributed by atoms with Crippen LogP contribution in [0.3, 0.4) is 0 Å². The number of aryl methyl sites for hydroxylation is 2. The van der Waals surface area contributed by atoms with Crippen molar-refractivity contribution in [2.24, 2.45) is 0 Å². The topological polar surface area (TPSA) is 12.0 Å². The highest BCUT2D eigenvalue weighted by Gasteiger charge is 2.38. The second kappa shape index (κ2) is 4.29. The van der Waals surface area contributed by atoms with E-state index in [0.29, 0.717) is 11.5 Å². The lowest BCUT2D eigenvalue weighted by Gasteiger charge is -2.46. The molecule has 0 aromatic heterocycles. The molecular formula is C17H25N. The molecule has 1 N–H and O–H groups in total. The number of hydrogen-bond acceptors (Lipinski definition) is 1. The molecule has 1 heteroatoms. The van der Waals surface area contributed by atoms with Crippen LogP contribution >= 0.6 is 0 Å². The van der Waals surface area contributed by atoms with Gasteiger partial charge in [-0.2, -0.15) is 0 Å². The van der Waals surface area contributed by atoms with E-state index in [1.807, 2.05) is 0 Å². The smallest absolute Gasteiger partial charge is 0.0412 e. The Hall–Kier alpha value is -0.980. The maximum Gasteiger partial charge on any atom is 0.0412 e. The molecule has 1 atom stereocenters. The van der Waals surface area contributed by atoms with Crippen molar-refractivity contribution in [2.45, 2.75) is 70.8 Å². The molecule has 98 valence electrons. The van der Waals surface area contributed by atoms with Gasteiger partial charge < -0.3 is 5.32 Å². The molecule has 1 aromatic carbocycles. The van der Waals surface area contributed by atoms with E-state index < -0.39 is 0 Å². The van der Waals surface area contributed by atoms with E-state index in [9.17, 15) is 0 Å². The molecule has 1 nitrogen and oxygen atoms in total. The average molecular weight is 243 g/mol. The fourth-order valence-electron chi connectivity index (χ4n) is 4.20. The summed E-state index contributed by atoms with van der Waals surface area (Å²) in [6.45, 7) is 6.93. The first-order valence-electron chi connectivity index (χ1n) is 7.50. The Balaban J connectivity index is 2.03. The number of fused-ring (bicyclic) bond motifs is 1. The van der Waals surface area contributed by atoms with Gasteiger partial charge >= 0.3 is 0 Å². The SMILES string of the molecule is Cc1ccc(C)c2c1NC1(CCCCC1)C[C@@H]2C. The number of rotatable bonds is 0. The molecule has 1 aromatic rings. The maximum atomic E-state index is 3.95. The molecule has 0 amide bonds. The van der Waals surface area contributed by atoms with E-state index >= 15 is 0 Å². The van der Waals surface area contributed by atoms with Crippen molar-refractivity contribution in [3.63, 3.8) is 0 Å². The van der Waals surface area contributed by atoms with Crippen LogP contribution in [0, 0.1) is 13.8 Å². The highest BCUT2D eigenvalue weighted by Crippen LogP contribution is 2.47. The summed E-state index contributed by atoms with van der Waals surface area (Å²) in [4.78, 5) is 0. The van der Waals surface area contributed by atoms with Crippen molar-refractivity contribution >= 4 is 5.69 Å². The van der Waals surface area contributed by atoms with Crippen LogP contribution in [0.1, 0.15) is 68.1 Å². The lowest BCUT2D eigenvalue weighted by molar-refractivity contribution is 0.281. The number of nitrogens with one attached hydrogen (secondary N) is 1. The zero-order valence-corrected chi connectivity index (χ0v) is 12.0. The molecule has 0 unspecified atom stereocenters.